The second-order valence-electron chi connectivity index (χ2n) is 3.14. The minimum absolute atomic E-state index is 0.0740. The highest BCUT2D eigenvalue weighted by Crippen LogP contribution is 2.16. The van der Waals surface area contributed by atoms with Crippen molar-refractivity contribution in [2.24, 2.45) is 0 Å². The minimum atomic E-state index is -0.754. The van der Waals surface area contributed by atoms with E-state index in [1.807, 2.05) is 18.2 Å². The van der Waals surface area contributed by atoms with Gasteiger partial charge in [-0.15, -0.1) is 0 Å². The summed E-state index contributed by atoms with van der Waals surface area (Å²) < 4.78 is 0. The minimum Gasteiger partial charge on any atom is -0.396 e. The first-order chi connectivity index (χ1) is 6.74. The number of rotatable bonds is 5. The first-order valence-corrected chi connectivity index (χ1v) is 4.59. The number of ketones is 1. The van der Waals surface area contributed by atoms with Gasteiger partial charge >= 0.3 is 0 Å². The van der Waals surface area contributed by atoms with Gasteiger partial charge in [0.25, 0.3) is 0 Å². The Kier molecular flexibility index (Phi) is 4.29. The maximum atomic E-state index is 11.1. The first kappa shape index (κ1) is 10.9. The van der Waals surface area contributed by atoms with Gasteiger partial charge in [-0.25, -0.2) is 0 Å². The Bertz CT molecular complexity index is 282. The van der Waals surface area contributed by atoms with Crippen LogP contribution < -0.4 is 0 Å². The average molecular weight is 194 g/mol. The third kappa shape index (κ3) is 3.28. The molecule has 0 fully saturated rings. The highest BCUT2D eigenvalue weighted by atomic mass is 16.3. The number of carbonyl (C=O) groups excluding carboxylic acids is 1. The van der Waals surface area contributed by atoms with Gasteiger partial charge in [0.15, 0.2) is 0 Å². The quantitative estimate of drug-likeness (QED) is 0.737. The van der Waals surface area contributed by atoms with Crippen molar-refractivity contribution in [3.63, 3.8) is 0 Å². The van der Waals surface area contributed by atoms with Gasteiger partial charge in [0.05, 0.1) is 6.10 Å². The lowest BCUT2D eigenvalue weighted by Gasteiger charge is -2.08. The van der Waals surface area contributed by atoms with E-state index in [1.54, 1.807) is 12.1 Å². The van der Waals surface area contributed by atoms with Gasteiger partial charge in [0.1, 0.15) is 5.78 Å². The number of hydrogen-bond donors (Lipinski definition) is 2. The van der Waals surface area contributed by atoms with Crippen LogP contribution in [0.1, 0.15) is 24.5 Å². The molecule has 0 aliphatic heterocycles. The fraction of sp³-hybridized carbons (Fsp3) is 0.364. The molecule has 3 nitrogen and oxygen atoms in total. The Labute approximate surface area is 83.0 Å². The summed E-state index contributed by atoms with van der Waals surface area (Å²) in [6.45, 7) is -0.152. The molecule has 1 aromatic rings. The van der Waals surface area contributed by atoms with Gasteiger partial charge in [-0.1, -0.05) is 30.3 Å². The van der Waals surface area contributed by atoms with Crippen LogP contribution in [0.25, 0.3) is 0 Å². The van der Waals surface area contributed by atoms with E-state index < -0.39 is 6.10 Å². The van der Waals surface area contributed by atoms with E-state index in [2.05, 4.69) is 0 Å². The topological polar surface area (TPSA) is 57.5 Å². The molecule has 0 aliphatic carbocycles. The van der Waals surface area contributed by atoms with Crippen molar-refractivity contribution >= 4 is 5.78 Å². The SMILES string of the molecule is O=C(CCO)CC(O)c1ccccc1. The molecule has 1 aromatic carbocycles. The molecule has 0 saturated carbocycles. The Morgan fingerprint density at radius 1 is 1.29 bits per heavy atom. The molecule has 2 N–H and O–H groups in total. The second-order valence-corrected chi connectivity index (χ2v) is 3.14. The molecule has 0 heterocycles. The molecular formula is C11H14O3. The number of Topliss-reactive ketones (excluding diaryl/α,β-unsaturated/α-hetero) is 1. The predicted molar refractivity (Wildman–Crippen MR) is 52.7 cm³/mol. The van der Waals surface area contributed by atoms with Crippen LogP contribution in [0, 0.1) is 0 Å². The zero-order valence-electron chi connectivity index (χ0n) is 7.89. The summed E-state index contributed by atoms with van der Waals surface area (Å²) in [7, 11) is 0. The Morgan fingerprint density at radius 3 is 2.50 bits per heavy atom. The van der Waals surface area contributed by atoms with E-state index in [1.165, 1.54) is 0 Å². The first-order valence-electron chi connectivity index (χ1n) is 4.59. The molecule has 0 bridgehead atoms. The third-order valence-electron chi connectivity index (χ3n) is 2.00. The molecule has 0 spiro atoms. The largest absolute Gasteiger partial charge is 0.396 e. The van der Waals surface area contributed by atoms with Gasteiger partial charge < -0.3 is 10.2 Å². The molecule has 0 amide bonds. The summed E-state index contributed by atoms with van der Waals surface area (Å²) >= 11 is 0. The van der Waals surface area contributed by atoms with Crippen molar-refractivity contribution < 1.29 is 15.0 Å². The highest BCUT2D eigenvalue weighted by Gasteiger charge is 2.11. The molecule has 3 heteroatoms. The molecule has 0 aromatic heterocycles. The van der Waals surface area contributed by atoms with Crippen LogP contribution >= 0.6 is 0 Å². The number of aliphatic hydroxyl groups excluding tert-OH is 2. The van der Waals surface area contributed by atoms with E-state index in [0.717, 1.165) is 5.56 Å². The molecule has 0 radical (unpaired) electrons. The Balaban J connectivity index is 2.50. The van der Waals surface area contributed by atoms with Crippen molar-refractivity contribution in [3.05, 3.63) is 35.9 Å². The zero-order valence-corrected chi connectivity index (χ0v) is 7.89. The third-order valence-corrected chi connectivity index (χ3v) is 2.00. The zero-order chi connectivity index (χ0) is 10.4. The van der Waals surface area contributed by atoms with E-state index in [4.69, 9.17) is 5.11 Å². The van der Waals surface area contributed by atoms with Crippen LogP contribution in [0.15, 0.2) is 30.3 Å². The van der Waals surface area contributed by atoms with Crippen molar-refractivity contribution in [3.8, 4) is 0 Å². The molecule has 0 aliphatic rings. The summed E-state index contributed by atoms with van der Waals surface area (Å²) in [6.07, 6.45) is -0.565. The van der Waals surface area contributed by atoms with Crippen molar-refractivity contribution in [1.82, 2.24) is 0 Å². The molecule has 1 unspecified atom stereocenters. The lowest BCUT2D eigenvalue weighted by molar-refractivity contribution is -0.121. The summed E-state index contributed by atoms with van der Waals surface area (Å²) in [5, 5.41) is 18.1. The van der Waals surface area contributed by atoms with E-state index in [0.29, 0.717) is 0 Å². The van der Waals surface area contributed by atoms with Crippen LogP contribution in [-0.4, -0.2) is 22.6 Å². The molecule has 14 heavy (non-hydrogen) atoms. The smallest absolute Gasteiger partial charge is 0.138 e. The summed E-state index contributed by atoms with van der Waals surface area (Å²) in [5.41, 5.74) is 0.735. The number of aliphatic hydroxyl groups is 2. The molecule has 76 valence electrons. The van der Waals surface area contributed by atoms with Crippen molar-refractivity contribution in [2.45, 2.75) is 18.9 Å². The second kappa shape index (κ2) is 5.52. The fourth-order valence-electron chi connectivity index (χ4n) is 1.24. The standard InChI is InChI=1S/C11H14O3/c12-7-6-10(13)8-11(14)9-4-2-1-3-5-9/h1-5,11-12,14H,6-8H2. The Hall–Kier alpha value is -1.19. The van der Waals surface area contributed by atoms with Crippen LogP contribution in [0.2, 0.25) is 0 Å². The van der Waals surface area contributed by atoms with Crippen molar-refractivity contribution in [1.29, 1.82) is 0 Å². The molecule has 1 atom stereocenters. The molecule has 1 rings (SSSR count). The van der Waals surface area contributed by atoms with E-state index >= 15 is 0 Å². The van der Waals surface area contributed by atoms with Crippen molar-refractivity contribution in [2.75, 3.05) is 6.61 Å². The van der Waals surface area contributed by atoms with Crippen LogP contribution in [0.4, 0.5) is 0 Å². The van der Waals surface area contributed by atoms with Gasteiger partial charge in [0, 0.05) is 19.4 Å². The highest BCUT2D eigenvalue weighted by molar-refractivity contribution is 5.79. The number of benzene rings is 1. The normalized spacial score (nSPS) is 12.4. The predicted octanol–water partition coefficient (Wildman–Crippen LogP) is 1.06. The molecular weight excluding hydrogens is 180 g/mol. The van der Waals surface area contributed by atoms with Crippen LogP contribution in [0.3, 0.4) is 0 Å². The lowest BCUT2D eigenvalue weighted by atomic mass is 10.0. The average Bonchev–Trinajstić information content (AvgIpc) is 2.19. The monoisotopic (exact) mass is 194 g/mol. The van der Waals surface area contributed by atoms with E-state index in [9.17, 15) is 9.90 Å². The van der Waals surface area contributed by atoms with Gasteiger partial charge in [-0.2, -0.15) is 0 Å². The van der Waals surface area contributed by atoms with Gasteiger partial charge in [-0.3, -0.25) is 4.79 Å². The van der Waals surface area contributed by atoms with Gasteiger partial charge in [0.2, 0.25) is 0 Å². The maximum absolute atomic E-state index is 11.1. The molecule has 0 saturated heterocycles. The maximum Gasteiger partial charge on any atom is 0.138 e. The van der Waals surface area contributed by atoms with Gasteiger partial charge in [-0.05, 0) is 5.56 Å². The summed E-state index contributed by atoms with van der Waals surface area (Å²) in [6, 6.07) is 9.03. The summed E-state index contributed by atoms with van der Waals surface area (Å²) in [4.78, 5) is 11.1. The summed E-state index contributed by atoms with van der Waals surface area (Å²) in [5.74, 6) is -0.121. The van der Waals surface area contributed by atoms with E-state index in [-0.39, 0.29) is 25.2 Å². The van der Waals surface area contributed by atoms with Crippen LogP contribution in [0.5, 0.6) is 0 Å². The number of carbonyl (C=O) groups is 1. The van der Waals surface area contributed by atoms with Crippen LogP contribution in [-0.2, 0) is 4.79 Å². The lowest BCUT2D eigenvalue weighted by Crippen LogP contribution is -2.07. The Morgan fingerprint density at radius 2 is 1.93 bits per heavy atom. The number of hydrogen-bond acceptors (Lipinski definition) is 3. The fourth-order valence-corrected chi connectivity index (χ4v) is 1.24.